The van der Waals surface area contributed by atoms with Gasteiger partial charge in [-0.15, -0.1) is 0 Å². The average Bonchev–Trinajstić information content (AvgIpc) is 2.36. The molecule has 1 aliphatic heterocycles. The van der Waals surface area contributed by atoms with Crippen LogP contribution in [0.25, 0.3) is 0 Å². The van der Waals surface area contributed by atoms with Crippen LogP contribution >= 0.6 is 0 Å². The van der Waals surface area contributed by atoms with Gasteiger partial charge in [-0.3, -0.25) is 19.3 Å². The molecule has 0 radical (unpaired) electrons. The number of rotatable bonds is 4. The summed E-state index contributed by atoms with van der Waals surface area (Å²) >= 11 is 0. The Hall–Kier alpha value is -1.19. The molecule has 0 aromatic carbocycles. The Morgan fingerprint density at radius 3 is 2.31 bits per heavy atom. The Morgan fingerprint density at radius 1 is 1.31 bits per heavy atom. The van der Waals surface area contributed by atoms with Crippen molar-refractivity contribution < 1.29 is 14.4 Å². The average molecular weight is 183 g/mol. The highest BCUT2D eigenvalue weighted by Crippen LogP contribution is 2.11. The zero-order valence-electron chi connectivity index (χ0n) is 7.71. The van der Waals surface area contributed by atoms with E-state index in [0.717, 1.165) is 11.3 Å². The van der Waals surface area contributed by atoms with Crippen molar-refractivity contribution >= 4 is 17.6 Å². The van der Waals surface area contributed by atoms with E-state index in [9.17, 15) is 14.4 Å². The van der Waals surface area contributed by atoms with E-state index in [0.29, 0.717) is 6.42 Å². The van der Waals surface area contributed by atoms with Gasteiger partial charge in [-0.05, 0) is 6.42 Å². The molecular formula is C9H13NO3. The van der Waals surface area contributed by atoms with Gasteiger partial charge >= 0.3 is 0 Å². The molecule has 1 fully saturated rings. The summed E-state index contributed by atoms with van der Waals surface area (Å²) < 4.78 is 0. The van der Waals surface area contributed by atoms with Crippen LogP contribution in [0.5, 0.6) is 0 Å². The third-order valence-electron chi connectivity index (χ3n) is 2.02. The molecule has 0 N–H and O–H groups in total. The van der Waals surface area contributed by atoms with Gasteiger partial charge in [0.1, 0.15) is 0 Å². The van der Waals surface area contributed by atoms with Crippen molar-refractivity contribution in [3.63, 3.8) is 0 Å². The summed E-state index contributed by atoms with van der Waals surface area (Å²) in [5.74, 6) is -0.463. The van der Waals surface area contributed by atoms with Gasteiger partial charge in [0.2, 0.25) is 11.8 Å². The molecule has 72 valence electrons. The van der Waals surface area contributed by atoms with Crippen LogP contribution in [0.3, 0.4) is 0 Å². The number of amides is 2. The molecule has 0 saturated carbocycles. The number of hydrogen-bond donors (Lipinski definition) is 0. The third-order valence-corrected chi connectivity index (χ3v) is 2.02. The third kappa shape index (κ3) is 2.37. The first-order valence-corrected chi connectivity index (χ1v) is 4.50. The van der Waals surface area contributed by atoms with Crippen LogP contribution < -0.4 is 0 Å². The first-order chi connectivity index (χ1) is 6.15. The zero-order chi connectivity index (χ0) is 9.84. The maximum Gasteiger partial charge on any atom is 0.230 e. The first kappa shape index (κ1) is 9.89. The van der Waals surface area contributed by atoms with Crippen LogP contribution in [0, 0.1) is 0 Å². The van der Waals surface area contributed by atoms with E-state index < -0.39 is 0 Å². The molecule has 0 bridgehead atoms. The summed E-state index contributed by atoms with van der Waals surface area (Å²) in [6.07, 6.45) is 1.72. The second-order valence-corrected chi connectivity index (χ2v) is 3.16. The molecule has 2 amide bonds. The van der Waals surface area contributed by atoms with Gasteiger partial charge in [0.05, 0.1) is 6.54 Å². The Kier molecular flexibility index (Phi) is 3.17. The standard InChI is InChI=1S/C9H13NO3/c1-2-3-7(11)6-10-8(12)4-5-9(10)13/h2-6H2,1H3. The first-order valence-electron chi connectivity index (χ1n) is 4.50. The minimum Gasteiger partial charge on any atom is -0.298 e. The highest BCUT2D eigenvalue weighted by Gasteiger charge is 2.29. The highest BCUT2D eigenvalue weighted by molar-refractivity contribution is 6.04. The molecule has 0 aromatic rings. The quantitative estimate of drug-likeness (QED) is 0.596. The summed E-state index contributed by atoms with van der Waals surface area (Å²) in [5.41, 5.74) is 0. The number of likely N-dealkylation sites (tertiary alicyclic amines) is 1. The predicted octanol–water partition coefficient (Wildman–Crippen LogP) is 0.505. The minimum atomic E-state index is -0.213. The van der Waals surface area contributed by atoms with Crippen LogP contribution in [0.2, 0.25) is 0 Å². The van der Waals surface area contributed by atoms with Gasteiger partial charge in [0, 0.05) is 19.3 Å². The van der Waals surface area contributed by atoms with E-state index in [-0.39, 0.29) is 37.0 Å². The second-order valence-electron chi connectivity index (χ2n) is 3.16. The van der Waals surface area contributed by atoms with Gasteiger partial charge in [-0.1, -0.05) is 6.92 Å². The van der Waals surface area contributed by atoms with Gasteiger partial charge in [-0.2, -0.15) is 0 Å². The topological polar surface area (TPSA) is 54.5 Å². The Balaban J connectivity index is 2.48. The lowest BCUT2D eigenvalue weighted by atomic mass is 10.2. The van der Waals surface area contributed by atoms with E-state index in [4.69, 9.17) is 0 Å². The maximum atomic E-state index is 11.1. The fourth-order valence-electron chi connectivity index (χ4n) is 1.33. The maximum absolute atomic E-state index is 11.1. The van der Waals surface area contributed by atoms with Crippen molar-refractivity contribution in [2.24, 2.45) is 0 Å². The summed E-state index contributed by atoms with van der Waals surface area (Å²) in [7, 11) is 0. The molecule has 1 aliphatic rings. The fourth-order valence-corrected chi connectivity index (χ4v) is 1.33. The predicted molar refractivity (Wildman–Crippen MR) is 45.9 cm³/mol. The molecule has 0 aromatic heterocycles. The molecule has 1 saturated heterocycles. The van der Waals surface area contributed by atoms with Crippen LogP contribution in [0.1, 0.15) is 32.6 Å². The molecule has 4 heteroatoms. The van der Waals surface area contributed by atoms with Gasteiger partial charge in [0.25, 0.3) is 0 Å². The largest absolute Gasteiger partial charge is 0.298 e. The molecule has 0 spiro atoms. The van der Waals surface area contributed by atoms with Crippen molar-refractivity contribution in [1.82, 2.24) is 4.90 Å². The molecule has 0 atom stereocenters. The van der Waals surface area contributed by atoms with Gasteiger partial charge < -0.3 is 0 Å². The lowest BCUT2D eigenvalue weighted by Crippen LogP contribution is -2.34. The molecular weight excluding hydrogens is 170 g/mol. The SMILES string of the molecule is CCCC(=O)CN1C(=O)CCC1=O. The van der Waals surface area contributed by atoms with Crippen LogP contribution in [0.4, 0.5) is 0 Å². The normalized spacial score (nSPS) is 16.8. The molecule has 1 heterocycles. The lowest BCUT2D eigenvalue weighted by molar-refractivity contribution is -0.141. The van der Waals surface area contributed by atoms with E-state index in [2.05, 4.69) is 0 Å². The number of imide groups is 1. The number of carbonyl (C=O) groups is 3. The van der Waals surface area contributed by atoms with Crippen molar-refractivity contribution in [3.05, 3.63) is 0 Å². The minimum absolute atomic E-state index is 0.0223. The van der Waals surface area contributed by atoms with Crippen molar-refractivity contribution in [1.29, 1.82) is 0 Å². The van der Waals surface area contributed by atoms with Crippen LogP contribution in [-0.2, 0) is 14.4 Å². The molecule has 1 rings (SSSR count). The smallest absolute Gasteiger partial charge is 0.230 e. The molecule has 0 unspecified atom stereocenters. The lowest BCUT2D eigenvalue weighted by Gasteiger charge is -2.11. The van der Waals surface area contributed by atoms with E-state index in [1.54, 1.807) is 0 Å². The summed E-state index contributed by atoms with van der Waals surface area (Å²) in [5, 5.41) is 0. The van der Waals surface area contributed by atoms with Gasteiger partial charge in [0.15, 0.2) is 5.78 Å². The van der Waals surface area contributed by atoms with Crippen molar-refractivity contribution in [2.75, 3.05) is 6.54 Å². The van der Waals surface area contributed by atoms with Gasteiger partial charge in [-0.25, -0.2) is 0 Å². The van der Waals surface area contributed by atoms with Crippen LogP contribution in [0.15, 0.2) is 0 Å². The van der Waals surface area contributed by atoms with E-state index in [1.807, 2.05) is 6.92 Å². The molecule has 13 heavy (non-hydrogen) atoms. The highest BCUT2D eigenvalue weighted by atomic mass is 16.2. The van der Waals surface area contributed by atoms with Crippen LogP contribution in [-0.4, -0.2) is 29.0 Å². The number of hydrogen-bond acceptors (Lipinski definition) is 3. The van der Waals surface area contributed by atoms with E-state index >= 15 is 0 Å². The number of nitrogens with zero attached hydrogens (tertiary/aromatic N) is 1. The Bertz CT molecular complexity index is 231. The molecule has 0 aliphatic carbocycles. The monoisotopic (exact) mass is 183 g/mol. The molecule has 4 nitrogen and oxygen atoms in total. The Morgan fingerprint density at radius 2 is 1.85 bits per heavy atom. The summed E-state index contributed by atoms with van der Waals surface area (Å²) in [6.45, 7) is 1.87. The van der Waals surface area contributed by atoms with Crippen molar-refractivity contribution in [3.8, 4) is 0 Å². The van der Waals surface area contributed by atoms with Crippen molar-refractivity contribution in [2.45, 2.75) is 32.6 Å². The summed E-state index contributed by atoms with van der Waals surface area (Å²) in [6, 6.07) is 0. The zero-order valence-corrected chi connectivity index (χ0v) is 7.71. The number of carbonyl (C=O) groups excluding carboxylic acids is 3. The number of Topliss-reactive ketones (excluding diaryl/α,β-unsaturated/α-hetero) is 1. The summed E-state index contributed by atoms with van der Waals surface area (Å²) in [4.78, 5) is 34.4. The second kappa shape index (κ2) is 4.16. The number of ketones is 1. The fraction of sp³-hybridized carbons (Fsp3) is 0.667. The Labute approximate surface area is 76.9 Å². The van der Waals surface area contributed by atoms with E-state index in [1.165, 1.54) is 0 Å².